The number of nitrogens with zero attached hydrogens (tertiary/aromatic N) is 1. The number of aryl methyl sites for hydroxylation is 1. The summed E-state index contributed by atoms with van der Waals surface area (Å²) in [6, 6.07) is 8.11. The van der Waals surface area contributed by atoms with E-state index in [0.717, 1.165) is 42.5 Å². The molecule has 0 bridgehead atoms. The largest absolute Gasteiger partial charge is 0.465 e. The van der Waals surface area contributed by atoms with E-state index in [9.17, 15) is 9.59 Å². The van der Waals surface area contributed by atoms with Crippen LogP contribution in [0, 0.1) is 6.92 Å². The lowest BCUT2D eigenvalue weighted by atomic mass is 9.94. The van der Waals surface area contributed by atoms with Crippen LogP contribution in [0.3, 0.4) is 0 Å². The summed E-state index contributed by atoms with van der Waals surface area (Å²) in [5, 5.41) is 0. The lowest BCUT2D eigenvalue weighted by Gasteiger charge is -2.32. The zero-order valence-corrected chi connectivity index (χ0v) is 15.2. The fourth-order valence-corrected chi connectivity index (χ4v) is 3.81. The van der Waals surface area contributed by atoms with E-state index in [4.69, 9.17) is 4.74 Å². The third-order valence-corrected chi connectivity index (χ3v) is 5.16. The smallest absolute Gasteiger partial charge is 0.340 e. The third-order valence-electron chi connectivity index (χ3n) is 5.16. The van der Waals surface area contributed by atoms with Gasteiger partial charge in [-0.1, -0.05) is 49.1 Å². The Morgan fingerprint density at radius 1 is 1.12 bits per heavy atom. The number of esters is 1. The van der Waals surface area contributed by atoms with Crippen molar-refractivity contribution in [1.82, 2.24) is 4.90 Å². The van der Waals surface area contributed by atoms with Crippen LogP contribution in [-0.2, 0) is 14.3 Å². The number of rotatable bonds is 3. The number of carbonyl (C=O) groups excluding carboxylic acids is 2. The highest BCUT2D eigenvalue weighted by Gasteiger charge is 2.40. The summed E-state index contributed by atoms with van der Waals surface area (Å²) in [5.74, 6) is -0.520. The fraction of sp³-hybridized carbons (Fsp3) is 0.429. The van der Waals surface area contributed by atoms with Gasteiger partial charge in [0.1, 0.15) is 0 Å². The normalized spacial score (nSPS) is 20.5. The molecule has 1 aromatic rings. The molecule has 1 aromatic carbocycles. The van der Waals surface area contributed by atoms with E-state index < -0.39 is 5.97 Å². The zero-order valence-electron chi connectivity index (χ0n) is 15.2. The van der Waals surface area contributed by atoms with Crippen LogP contribution in [0.5, 0.6) is 0 Å². The van der Waals surface area contributed by atoms with Crippen molar-refractivity contribution in [3.8, 4) is 0 Å². The van der Waals surface area contributed by atoms with Gasteiger partial charge in [-0.05, 0) is 38.3 Å². The Morgan fingerprint density at radius 2 is 1.76 bits per heavy atom. The summed E-state index contributed by atoms with van der Waals surface area (Å²) in [5.41, 5.74) is 3.64. The maximum atomic E-state index is 13.1. The van der Waals surface area contributed by atoms with Crippen molar-refractivity contribution in [3.05, 3.63) is 52.2 Å². The quantitative estimate of drug-likeness (QED) is 0.618. The van der Waals surface area contributed by atoms with Gasteiger partial charge in [0.05, 0.1) is 18.3 Å². The lowest BCUT2D eigenvalue weighted by molar-refractivity contribution is -0.136. The predicted octanol–water partition coefficient (Wildman–Crippen LogP) is 4.00. The molecule has 0 spiro atoms. The number of ether oxygens (including phenoxy) is 1. The summed E-state index contributed by atoms with van der Waals surface area (Å²) in [6.45, 7) is 3.88. The van der Waals surface area contributed by atoms with Crippen LogP contribution in [0.2, 0.25) is 0 Å². The minimum absolute atomic E-state index is 0.0784. The molecule has 1 amide bonds. The molecule has 1 aliphatic heterocycles. The summed E-state index contributed by atoms with van der Waals surface area (Å²) in [7, 11) is 1.36. The van der Waals surface area contributed by atoms with Crippen LogP contribution in [0.25, 0.3) is 6.08 Å². The number of hydrogen-bond acceptors (Lipinski definition) is 3. The maximum Gasteiger partial charge on any atom is 0.340 e. The predicted molar refractivity (Wildman–Crippen MR) is 97.6 cm³/mol. The number of carbonyl (C=O) groups is 2. The van der Waals surface area contributed by atoms with Crippen molar-refractivity contribution in [2.24, 2.45) is 0 Å². The van der Waals surface area contributed by atoms with Crippen molar-refractivity contribution in [2.45, 2.75) is 52.0 Å². The fourth-order valence-electron chi connectivity index (χ4n) is 3.81. The molecule has 3 rings (SSSR count). The van der Waals surface area contributed by atoms with Gasteiger partial charge < -0.3 is 9.64 Å². The van der Waals surface area contributed by atoms with Gasteiger partial charge in [-0.2, -0.15) is 0 Å². The Hall–Kier alpha value is -2.36. The van der Waals surface area contributed by atoms with E-state index >= 15 is 0 Å². The molecule has 2 aliphatic rings. The molecule has 0 saturated heterocycles. The molecule has 1 fully saturated rings. The molecule has 0 unspecified atom stereocenters. The Kier molecular flexibility index (Phi) is 5.07. The SMILES string of the molecule is COC(=O)C1=C(C)N(C2CCCCC2)C(=O)C1=Cc1ccc(C)cc1. The lowest BCUT2D eigenvalue weighted by Crippen LogP contribution is -2.37. The molecule has 1 heterocycles. The Bertz CT molecular complexity index is 737. The van der Waals surface area contributed by atoms with Gasteiger partial charge in [-0.15, -0.1) is 0 Å². The first-order chi connectivity index (χ1) is 12.0. The van der Waals surface area contributed by atoms with E-state index in [0.29, 0.717) is 11.1 Å². The highest BCUT2D eigenvalue weighted by molar-refractivity contribution is 6.16. The summed E-state index contributed by atoms with van der Waals surface area (Å²) in [4.78, 5) is 27.3. The minimum Gasteiger partial charge on any atom is -0.465 e. The number of hydrogen-bond donors (Lipinski definition) is 0. The first-order valence-corrected chi connectivity index (χ1v) is 8.94. The summed E-state index contributed by atoms with van der Waals surface area (Å²) >= 11 is 0. The van der Waals surface area contributed by atoms with Crippen LogP contribution < -0.4 is 0 Å². The average molecular weight is 339 g/mol. The summed E-state index contributed by atoms with van der Waals surface area (Å²) in [6.07, 6.45) is 7.28. The van der Waals surface area contributed by atoms with Crippen molar-refractivity contribution in [1.29, 1.82) is 0 Å². The van der Waals surface area contributed by atoms with E-state index in [1.165, 1.54) is 13.5 Å². The molecule has 1 saturated carbocycles. The molecule has 4 nitrogen and oxygen atoms in total. The molecular formula is C21H25NO3. The summed E-state index contributed by atoms with van der Waals surface area (Å²) < 4.78 is 4.96. The molecule has 4 heteroatoms. The molecule has 1 aliphatic carbocycles. The van der Waals surface area contributed by atoms with Gasteiger partial charge in [-0.25, -0.2) is 4.79 Å². The molecule has 0 atom stereocenters. The maximum absolute atomic E-state index is 13.1. The average Bonchev–Trinajstić information content (AvgIpc) is 2.87. The monoisotopic (exact) mass is 339 g/mol. The number of benzene rings is 1. The molecule has 0 radical (unpaired) electrons. The first-order valence-electron chi connectivity index (χ1n) is 8.94. The molecule has 25 heavy (non-hydrogen) atoms. The van der Waals surface area contributed by atoms with Crippen LogP contribution in [0.1, 0.15) is 50.2 Å². The highest BCUT2D eigenvalue weighted by Crippen LogP contribution is 2.36. The number of methoxy groups -OCH3 is 1. The van der Waals surface area contributed by atoms with Gasteiger partial charge in [-0.3, -0.25) is 4.79 Å². The van der Waals surface area contributed by atoms with E-state index in [1.807, 2.05) is 43.0 Å². The molecular weight excluding hydrogens is 314 g/mol. The van der Waals surface area contributed by atoms with Crippen molar-refractivity contribution >= 4 is 18.0 Å². The third kappa shape index (κ3) is 3.39. The second-order valence-electron chi connectivity index (χ2n) is 6.89. The Labute approximate surface area is 149 Å². The van der Waals surface area contributed by atoms with Crippen LogP contribution in [0.4, 0.5) is 0 Å². The molecule has 132 valence electrons. The minimum atomic E-state index is -0.442. The van der Waals surface area contributed by atoms with Gasteiger partial charge >= 0.3 is 5.97 Å². The Morgan fingerprint density at radius 3 is 2.36 bits per heavy atom. The van der Waals surface area contributed by atoms with E-state index in [-0.39, 0.29) is 11.9 Å². The van der Waals surface area contributed by atoms with Gasteiger partial charge in [0, 0.05) is 11.7 Å². The van der Waals surface area contributed by atoms with E-state index in [1.54, 1.807) is 6.08 Å². The van der Waals surface area contributed by atoms with E-state index in [2.05, 4.69) is 0 Å². The number of amides is 1. The van der Waals surface area contributed by atoms with Crippen LogP contribution >= 0.6 is 0 Å². The number of allylic oxidation sites excluding steroid dienone is 1. The van der Waals surface area contributed by atoms with Crippen molar-refractivity contribution in [3.63, 3.8) is 0 Å². The topological polar surface area (TPSA) is 46.6 Å². The molecule has 0 N–H and O–H groups in total. The van der Waals surface area contributed by atoms with Crippen molar-refractivity contribution in [2.75, 3.05) is 7.11 Å². The van der Waals surface area contributed by atoms with Crippen molar-refractivity contribution < 1.29 is 14.3 Å². The standard InChI is InChI=1S/C21H25NO3/c1-14-9-11-16(12-10-14)13-18-19(21(24)25-3)15(2)22(20(18)23)17-7-5-4-6-8-17/h9-13,17H,4-8H2,1-3H3. The highest BCUT2D eigenvalue weighted by atomic mass is 16.5. The van der Waals surface area contributed by atoms with Crippen LogP contribution in [0.15, 0.2) is 41.1 Å². The zero-order chi connectivity index (χ0) is 18.0. The van der Waals surface area contributed by atoms with Gasteiger partial charge in [0.25, 0.3) is 5.91 Å². The molecule has 0 aromatic heterocycles. The van der Waals surface area contributed by atoms with Gasteiger partial charge in [0.2, 0.25) is 0 Å². The second kappa shape index (κ2) is 7.26. The first kappa shape index (κ1) is 17.5. The van der Waals surface area contributed by atoms with Crippen LogP contribution in [-0.4, -0.2) is 29.9 Å². The van der Waals surface area contributed by atoms with Gasteiger partial charge in [0.15, 0.2) is 0 Å². The second-order valence-corrected chi connectivity index (χ2v) is 6.89. The Balaban J connectivity index is 2.02.